The maximum absolute atomic E-state index is 13.5. The highest BCUT2D eigenvalue weighted by Gasteiger charge is 2.13. The fourth-order valence-electron chi connectivity index (χ4n) is 1.69. The molecule has 106 valence electrons. The Morgan fingerprint density at radius 2 is 1.55 bits per heavy atom. The molecule has 1 unspecified atom stereocenters. The van der Waals surface area contributed by atoms with Crippen LogP contribution in [-0.4, -0.2) is 6.61 Å². The van der Waals surface area contributed by atoms with Crippen LogP contribution < -0.4 is 10.5 Å². The van der Waals surface area contributed by atoms with Crippen LogP contribution in [0, 0.1) is 23.3 Å². The smallest absolute Gasteiger partial charge is 0.131 e. The lowest BCUT2D eigenvalue weighted by atomic mass is 10.1. The second-order valence-electron chi connectivity index (χ2n) is 4.19. The SMILES string of the molecule is NC(COc1cc(F)cc(F)c1)c1ccc(F)cc1F. The van der Waals surface area contributed by atoms with Gasteiger partial charge in [-0.2, -0.15) is 0 Å². The minimum atomic E-state index is -0.887. The summed E-state index contributed by atoms with van der Waals surface area (Å²) in [6.07, 6.45) is 0. The molecule has 0 bridgehead atoms. The second-order valence-corrected chi connectivity index (χ2v) is 4.19. The summed E-state index contributed by atoms with van der Waals surface area (Å²) in [6.45, 7) is -0.203. The predicted octanol–water partition coefficient (Wildman–Crippen LogP) is 3.32. The van der Waals surface area contributed by atoms with Crippen LogP contribution in [0.3, 0.4) is 0 Å². The summed E-state index contributed by atoms with van der Waals surface area (Å²) in [5, 5.41) is 0. The Labute approximate surface area is 112 Å². The third-order valence-corrected chi connectivity index (χ3v) is 2.63. The van der Waals surface area contributed by atoms with Gasteiger partial charge in [-0.05, 0) is 6.07 Å². The summed E-state index contributed by atoms with van der Waals surface area (Å²) in [6, 6.07) is 4.75. The monoisotopic (exact) mass is 285 g/mol. The standard InChI is InChI=1S/C14H11F4NO/c15-8-1-2-12(13(18)6-8)14(19)7-20-11-4-9(16)3-10(17)5-11/h1-6,14H,7,19H2. The molecule has 0 heterocycles. The average molecular weight is 285 g/mol. The van der Waals surface area contributed by atoms with Gasteiger partial charge in [0, 0.05) is 29.8 Å². The first kappa shape index (κ1) is 14.3. The van der Waals surface area contributed by atoms with Gasteiger partial charge < -0.3 is 10.5 Å². The molecule has 0 spiro atoms. The van der Waals surface area contributed by atoms with Crippen molar-refractivity contribution in [2.45, 2.75) is 6.04 Å². The summed E-state index contributed by atoms with van der Waals surface area (Å²) in [5.41, 5.74) is 5.75. The van der Waals surface area contributed by atoms with Gasteiger partial charge in [0.15, 0.2) is 0 Å². The van der Waals surface area contributed by atoms with Crippen LogP contribution in [0.1, 0.15) is 11.6 Å². The van der Waals surface area contributed by atoms with Crippen molar-refractivity contribution in [1.82, 2.24) is 0 Å². The van der Waals surface area contributed by atoms with E-state index in [-0.39, 0.29) is 17.9 Å². The van der Waals surface area contributed by atoms with Crippen molar-refractivity contribution in [3.8, 4) is 5.75 Å². The molecule has 6 heteroatoms. The van der Waals surface area contributed by atoms with Gasteiger partial charge in [0.1, 0.15) is 35.6 Å². The molecule has 0 fully saturated rings. The first-order chi connectivity index (χ1) is 9.45. The van der Waals surface area contributed by atoms with Crippen LogP contribution in [0.4, 0.5) is 17.6 Å². The first-order valence-corrected chi connectivity index (χ1v) is 5.75. The van der Waals surface area contributed by atoms with Crippen molar-refractivity contribution < 1.29 is 22.3 Å². The van der Waals surface area contributed by atoms with Crippen LogP contribution in [-0.2, 0) is 0 Å². The topological polar surface area (TPSA) is 35.2 Å². The molecular weight excluding hydrogens is 274 g/mol. The summed E-state index contributed by atoms with van der Waals surface area (Å²) >= 11 is 0. The molecule has 20 heavy (non-hydrogen) atoms. The van der Waals surface area contributed by atoms with E-state index in [2.05, 4.69) is 0 Å². The Balaban J connectivity index is 2.06. The van der Waals surface area contributed by atoms with Gasteiger partial charge in [0.2, 0.25) is 0 Å². The molecule has 0 radical (unpaired) electrons. The number of rotatable bonds is 4. The van der Waals surface area contributed by atoms with E-state index in [4.69, 9.17) is 10.5 Å². The zero-order valence-corrected chi connectivity index (χ0v) is 10.2. The quantitative estimate of drug-likeness (QED) is 0.875. The lowest BCUT2D eigenvalue weighted by Gasteiger charge is -2.14. The Morgan fingerprint density at radius 1 is 0.900 bits per heavy atom. The van der Waals surface area contributed by atoms with E-state index in [1.54, 1.807) is 0 Å². The van der Waals surface area contributed by atoms with Gasteiger partial charge in [0.05, 0.1) is 6.04 Å². The van der Waals surface area contributed by atoms with E-state index < -0.39 is 29.3 Å². The highest BCUT2D eigenvalue weighted by molar-refractivity contribution is 5.25. The zero-order chi connectivity index (χ0) is 14.7. The molecule has 2 rings (SSSR count). The molecule has 2 nitrogen and oxygen atoms in total. The largest absolute Gasteiger partial charge is 0.491 e. The van der Waals surface area contributed by atoms with Crippen LogP contribution in [0.5, 0.6) is 5.75 Å². The molecule has 1 atom stereocenters. The van der Waals surface area contributed by atoms with E-state index in [0.717, 1.165) is 18.2 Å². The first-order valence-electron chi connectivity index (χ1n) is 5.75. The molecule has 0 aliphatic carbocycles. The maximum Gasteiger partial charge on any atom is 0.131 e. The van der Waals surface area contributed by atoms with E-state index in [0.29, 0.717) is 12.1 Å². The molecule has 0 aromatic heterocycles. The molecule has 2 aromatic carbocycles. The van der Waals surface area contributed by atoms with Gasteiger partial charge in [-0.25, -0.2) is 17.6 Å². The third kappa shape index (κ3) is 3.48. The molecule has 0 saturated heterocycles. The van der Waals surface area contributed by atoms with Crippen molar-refractivity contribution in [3.05, 3.63) is 65.2 Å². The number of hydrogen-bond acceptors (Lipinski definition) is 2. The van der Waals surface area contributed by atoms with Crippen molar-refractivity contribution in [3.63, 3.8) is 0 Å². The van der Waals surface area contributed by atoms with Crippen LogP contribution in [0.2, 0.25) is 0 Å². The highest BCUT2D eigenvalue weighted by atomic mass is 19.1. The van der Waals surface area contributed by atoms with Gasteiger partial charge in [-0.3, -0.25) is 0 Å². The maximum atomic E-state index is 13.5. The van der Waals surface area contributed by atoms with Crippen molar-refractivity contribution >= 4 is 0 Å². The van der Waals surface area contributed by atoms with E-state index in [1.165, 1.54) is 6.07 Å². The summed E-state index contributed by atoms with van der Waals surface area (Å²) < 4.78 is 57.2. The number of hydrogen-bond donors (Lipinski definition) is 1. The number of benzene rings is 2. The lowest BCUT2D eigenvalue weighted by Crippen LogP contribution is -2.20. The Kier molecular flexibility index (Phi) is 4.24. The highest BCUT2D eigenvalue weighted by Crippen LogP contribution is 2.20. The molecule has 2 N–H and O–H groups in total. The molecule has 2 aromatic rings. The fraction of sp³-hybridized carbons (Fsp3) is 0.143. The normalized spacial score (nSPS) is 12.2. The van der Waals surface area contributed by atoms with Crippen LogP contribution in [0.15, 0.2) is 36.4 Å². The number of halogens is 4. The Hall–Kier alpha value is -2.08. The van der Waals surface area contributed by atoms with Gasteiger partial charge in [-0.1, -0.05) is 6.07 Å². The third-order valence-electron chi connectivity index (χ3n) is 2.63. The van der Waals surface area contributed by atoms with Gasteiger partial charge >= 0.3 is 0 Å². The average Bonchev–Trinajstić information content (AvgIpc) is 2.35. The van der Waals surface area contributed by atoms with Crippen molar-refractivity contribution in [1.29, 1.82) is 0 Å². The van der Waals surface area contributed by atoms with Gasteiger partial charge in [-0.15, -0.1) is 0 Å². The molecule has 0 saturated carbocycles. The van der Waals surface area contributed by atoms with Crippen molar-refractivity contribution in [2.24, 2.45) is 5.73 Å². The number of ether oxygens (including phenoxy) is 1. The fourth-order valence-corrected chi connectivity index (χ4v) is 1.69. The summed E-state index contributed by atoms with van der Waals surface area (Å²) in [5.74, 6) is -3.15. The molecule has 0 amide bonds. The summed E-state index contributed by atoms with van der Waals surface area (Å²) in [4.78, 5) is 0. The molecular formula is C14H11F4NO. The minimum Gasteiger partial charge on any atom is -0.491 e. The van der Waals surface area contributed by atoms with E-state index >= 15 is 0 Å². The predicted molar refractivity (Wildman–Crippen MR) is 65.1 cm³/mol. The molecule has 0 aliphatic heterocycles. The number of nitrogens with two attached hydrogens (primary N) is 1. The minimum absolute atomic E-state index is 0.0551. The van der Waals surface area contributed by atoms with E-state index in [9.17, 15) is 17.6 Å². The van der Waals surface area contributed by atoms with Crippen LogP contribution in [0.25, 0.3) is 0 Å². The van der Waals surface area contributed by atoms with E-state index in [1.807, 2.05) is 0 Å². The lowest BCUT2D eigenvalue weighted by molar-refractivity contribution is 0.285. The Morgan fingerprint density at radius 3 is 2.15 bits per heavy atom. The van der Waals surface area contributed by atoms with Crippen molar-refractivity contribution in [2.75, 3.05) is 6.61 Å². The zero-order valence-electron chi connectivity index (χ0n) is 10.2. The second kappa shape index (κ2) is 5.92. The summed E-state index contributed by atoms with van der Waals surface area (Å²) in [7, 11) is 0. The molecule has 0 aliphatic rings. The Bertz CT molecular complexity index is 598. The van der Waals surface area contributed by atoms with Crippen LogP contribution >= 0.6 is 0 Å². The van der Waals surface area contributed by atoms with Gasteiger partial charge in [0.25, 0.3) is 0 Å².